The van der Waals surface area contributed by atoms with Gasteiger partial charge in [-0.3, -0.25) is 0 Å². The third kappa shape index (κ3) is 3.24. The zero-order valence-corrected chi connectivity index (χ0v) is 14.7. The summed E-state index contributed by atoms with van der Waals surface area (Å²) in [5.41, 5.74) is 4.05. The molecule has 3 aromatic carbocycles. The first-order valence-electron chi connectivity index (χ1n) is 8.86. The normalized spacial score (nSPS) is 12.4. The second-order valence-corrected chi connectivity index (χ2v) is 6.42. The summed E-state index contributed by atoms with van der Waals surface area (Å²) in [6, 6.07) is 22.2. The van der Waals surface area contributed by atoms with E-state index in [4.69, 9.17) is 4.74 Å². The van der Waals surface area contributed by atoms with Crippen LogP contribution in [0.2, 0.25) is 0 Å². The number of hydrogen-bond acceptors (Lipinski definition) is 3. The summed E-state index contributed by atoms with van der Waals surface area (Å²) in [5, 5.41) is 15.6. The van der Waals surface area contributed by atoms with E-state index in [-0.39, 0.29) is 0 Å². The van der Waals surface area contributed by atoms with Gasteiger partial charge in [0.2, 0.25) is 0 Å². The van der Waals surface area contributed by atoms with Crippen LogP contribution in [0.25, 0.3) is 21.8 Å². The first kappa shape index (κ1) is 16.5. The van der Waals surface area contributed by atoms with Crippen molar-refractivity contribution in [1.82, 2.24) is 4.98 Å². The number of aliphatic hydroxyl groups is 1. The van der Waals surface area contributed by atoms with Crippen LogP contribution in [0.4, 0.5) is 5.69 Å². The van der Waals surface area contributed by atoms with Gasteiger partial charge in [-0.25, -0.2) is 0 Å². The molecule has 0 saturated heterocycles. The number of fused-ring (bicyclic) bond motifs is 3. The fraction of sp³-hybridized carbons (Fsp3) is 0.182. The van der Waals surface area contributed by atoms with Gasteiger partial charge in [-0.1, -0.05) is 36.4 Å². The van der Waals surface area contributed by atoms with E-state index < -0.39 is 6.10 Å². The lowest BCUT2D eigenvalue weighted by molar-refractivity contribution is 0.200. The highest BCUT2D eigenvalue weighted by Gasteiger charge is 2.07. The maximum Gasteiger partial charge on any atom is 0.121 e. The Hall–Kier alpha value is -2.98. The maximum absolute atomic E-state index is 9.82. The Balaban J connectivity index is 1.41. The molecule has 4 rings (SSSR count). The molecule has 3 N–H and O–H groups in total. The van der Waals surface area contributed by atoms with Crippen molar-refractivity contribution in [2.45, 2.75) is 13.0 Å². The standard InChI is InChI=1S/C22H22N2O2/c1-15(25)17-6-2-4-8-20(17)23-12-13-26-16-10-11-19-18-7-3-5-9-21(18)24-22(19)14-16/h2-11,14-15,23-25H,12-13H2,1H3/t15-/m0/s1. The highest BCUT2D eigenvalue weighted by molar-refractivity contribution is 6.07. The van der Waals surface area contributed by atoms with Crippen LogP contribution in [0.5, 0.6) is 5.75 Å². The molecule has 1 aromatic heterocycles. The van der Waals surface area contributed by atoms with E-state index >= 15 is 0 Å². The van der Waals surface area contributed by atoms with Crippen molar-refractivity contribution >= 4 is 27.5 Å². The minimum absolute atomic E-state index is 0.496. The third-order valence-corrected chi connectivity index (χ3v) is 4.57. The predicted molar refractivity (Wildman–Crippen MR) is 107 cm³/mol. The van der Waals surface area contributed by atoms with Crippen molar-refractivity contribution < 1.29 is 9.84 Å². The smallest absolute Gasteiger partial charge is 0.121 e. The van der Waals surface area contributed by atoms with E-state index in [9.17, 15) is 5.11 Å². The van der Waals surface area contributed by atoms with Crippen molar-refractivity contribution in [3.8, 4) is 5.75 Å². The van der Waals surface area contributed by atoms with Gasteiger partial charge in [-0.2, -0.15) is 0 Å². The summed E-state index contributed by atoms with van der Waals surface area (Å²) in [4.78, 5) is 3.43. The topological polar surface area (TPSA) is 57.3 Å². The number of hydrogen-bond donors (Lipinski definition) is 3. The zero-order valence-electron chi connectivity index (χ0n) is 14.7. The number of aliphatic hydroxyl groups excluding tert-OH is 1. The molecule has 4 nitrogen and oxygen atoms in total. The van der Waals surface area contributed by atoms with E-state index in [0.29, 0.717) is 13.2 Å². The van der Waals surface area contributed by atoms with Crippen LogP contribution in [0.1, 0.15) is 18.6 Å². The first-order valence-corrected chi connectivity index (χ1v) is 8.86. The number of para-hydroxylation sites is 2. The second-order valence-electron chi connectivity index (χ2n) is 6.42. The number of rotatable bonds is 6. The Kier molecular flexibility index (Phi) is 4.50. The second kappa shape index (κ2) is 7.10. The summed E-state index contributed by atoms with van der Waals surface area (Å²) in [7, 11) is 0. The van der Waals surface area contributed by atoms with E-state index in [1.54, 1.807) is 6.92 Å². The van der Waals surface area contributed by atoms with Crippen LogP contribution in [0.15, 0.2) is 66.7 Å². The largest absolute Gasteiger partial charge is 0.492 e. The fourth-order valence-electron chi connectivity index (χ4n) is 3.30. The first-order chi connectivity index (χ1) is 12.7. The Bertz CT molecular complexity index is 1040. The summed E-state index contributed by atoms with van der Waals surface area (Å²) in [6.07, 6.45) is -0.496. The average molecular weight is 346 g/mol. The van der Waals surface area contributed by atoms with Crippen molar-refractivity contribution in [2.24, 2.45) is 0 Å². The molecule has 0 fully saturated rings. The van der Waals surface area contributed by atoms with Gasteiger partial charge >= 0.3 is 0 Å². The van der Waals surface area contributed by atoms with Crippen LogP contribution in [-0.4, -0.2) is 23.2 Å². The predicted octanol–water partition coefficient (Wildman–Crippen LogP) is 4.87. The Morgan fingerprint density at radius 1 is 0.962 bits per heavy atom. The van der Waals surface area contributed by atoms with Gasteiger partial charge in [-0.15, -0.1) is 0 Å². The molecule has 0 spiro atoms. The lowest BCUT2D eigenvalue weighted by Gasteiger charge is -2.14. The van der Waals surface area contributed by atoms with E-state index in [0.717, 1.165) is 28.0 Å². The summed E-state index contributed by atoms with van der Waals surface area (Å²) in [5.74, 6) is 0.842. The van der Waals surface area contributed by atoms with Gasteiger partial charge in [0, 0.05) is 40.2 Å². The summed E-state index contributed by atoms with van der Waals surface area (Å²) in [6.45, 7) is 2.97. The highest BCUT2D eigenvalue weighted by Crippen LogP contribution is 2.28. The molecule has 0 unspecified atom stereocenters. The summed E-state index contributed by atoms with van der Waals surface area (Å²) >= 11 is 0. The van der Waals surface area contributed by atoms with Gasteiger partial charge in [0.05, 0.1) is 11.6 Å². The molecule has 26 heavy (non-hydrogen) atoms. The molecular formula is C22H22N2O2. The van der Waals surface area contributed by atoms with Gasteiger partial charge in [0.25, 0.3) is 0 Å². The molecule has 1 atom stereocenters. The molecule has 0 radical (unpaired) electrons. The van der Waals surface area contributed by atoms with Crippen LogP contribution < -0.4 is 10.1 Å². The van der Waals surface area contributed by atoms with Crippen molar-refractivity contribution in [1.29, 1.82) is 0 Å². The fourth-order valence-corrected chi connectivity index (χ4v) is 3.30. The lowest BCUT2D eigenvalue weighted by Crippen LogP contribution is -2.13. The molecule has 0 aliphatic heterocycles. The number of anilines is 1. The molecule has 4 heteroatoms. The monoisotopic (exact) mass is 346 g/mol. The van der Waals surface area contributed by atoms with Crippen LogP contribution in [0, 0.1) is 0 Å². The minimum atomic E-state index is -0.496. The van der Waals surface area contributed by atoms with E-state index in [1.807, 2.05) is 42.5 Å². The zero-order chi connectivity index (χ0) is 17.9. The third-order valence-electron chi connectivity index (χ3n) is 4.57. The lowest BCUT2D eigenvalue weighted by atomic mass is 10.1. The summed E-state index contributed by atoms with van der Waals surface area (Å²) < 4.78 is 5.89. The molecular weight excluding hydrogens is 324 g/mol. The molecule has 0 aliphatic carbocycles. The van der Waals surface area contributed by atoms with Gasteiger partial charge in [-0.05, 0) is 31.2 Å². The van der Waals surface area contributed by atoms with E-state index in [1.165, 1.54) is 10.8 Å². The highest BCUT2D eigenvalue weighted by atomic mass is 16.5. The van der Waals surface area contributed by atoms with Crippen molar-refractivity contribution in [3.63, 3.8) is 0 Å². The number of aromatic amines is 1. The Labute approximate surface area is 152 Å². The maximum atomic E-state index is 9.82. The molecule has 4 aromatic rings. The number of nitrogens with one attached hydrogen (secondary N) is 2. The van der Waals surface area contributed by atoms with E-state index in [2.05, 4.69) is 34.6 Å². The van der Waals surface area contributed by atoms with Crippen molar-refractivity contribution in [3.05, 3.63) is 72.3 Å². The quantitative estimate of drug-likeness (QED) is 0.437. The number of aromatic nitrogens is 1. The number of H-pyrrole nitrogens is 1. The molecule has 132 valence electrons. The molecule has 0 amide bonds. The molecule has 1 heterocycles. The van der Waals surface area contributed by atoms with Gasteiger partial charge in [0.1, 0.15) is 12.4 Å². The average Bonchev–Trinajstić information content (AvgIpc) is 3.03. The number of ether oxygens (including phenoxy) is 1. The van der Waals surface area contributed by atoms with Crippen LogP contribution in [0.3, 0.4) is 0 Å². The van der Waals surface area contributed by atoms with Crippen LogP contribution >= 0.6 is 0 Å². The molecule has 0 saturated carbocycles. The Morgan fingerprint density at radius 3 is 2.62 bits per heavy atom. The van der Waals surface area contributed by atoms with Crippen molar-refractivity contribution in [2.75, 3.05) is 18.5 Å². The minimum Gasteiger partial charge on any atom is -0.492 e. The van der Waals surface area contributed by atoms with Gasteiger partial charge < -0.3 is 20.1 Å². The SMILES string of the molecule is C[C@H](O)c1ccccc1NCCOc1ccc2c(c1)[nH]c1ccccc12. The van der Waals surface area contributed by atoms with Gasteiger partial charge in [0.15, 0.2) is 0 Å². The van der Waals surface area contributed by atoms with Crippen LogP contribution in [-0.2, 0) is 0 Å². The number of benzene rings is 3. The Morgan fingerprint density at radius 2 is 1.73 bits per heavy atom. The molecule has 0 bridgehead atoms. The molecule has 0 aliphatic rings.